The van der Waals surface area contributed by atoms with Gasteiger partial charge in [0.2, 0.25) is 20.0 Å². The third-order valence-electron chi connectivity index (χ3n) is 4.09. The van der Waals surface area contributed by atoms with E-state index in [9.17, 15) is 21.6 Å². The second-order valence-corrected chi connectivity index (χ2v) is 9.56. The Kier molecular flexibility index (Phi) is 5.33. The van der Waals surface area contributed by atoms with Gasteiger partial charge >= 0.3 is 5.97 Å². The molecular weight excluding hydrogens is 356 g/mol. The number of aliphatic carboxylic acids is 1. The number of benzene rings is 1. The monoisotopic (exact) mass is 376 g/mol. The summed E-state index contributed by atoms with van der Waals surface area (Å²) in [6.07, 6.45) is 1.55. The van der Waals surface area contributed by atoms with Crippen LogP contribution < -0.4 is 0 Å². The van der Waals surface area contributed by atoms with Gasteiger partial charge in [0.05, 0.1) is 9.79 Å². The molecule has 1 aliphatic rings. The number of likely N-dealkylation sites (N-methyl/N-ethyl adjacent to an activating group) is 1. The van der Waals surface area contributed by atoms with Crippen LogP contribution in [-0.4, -0.2) is 62.7 Å². The van der Waals surface area contributed by atoms with Gasteiger partial charge in [-0.05, 0) is 38.0 Å². The van der Waals surface area contributed by atoms with E-state index < -0.39 is 32.1 Å². The molecule has 1 saturated heterocycles. The summed E-state index contributed by atoms with van der Waals surface area (Å²) in [6, 6.07) is 3.74. The Labute approximate surface area is 141 Å². The molecule has 1 aliphatic heterocycles. The molecule has 1 aromatic carbocycles. The van der Waals surface area contributed by atoms with Gasteiger partial charge in [-0.15, -0.1) is 0 Å². The molecule has 2 rings (SSSR count). The Morgan fingerprint density at radius 2 is 1.71 bits per heavy atom. The fourth-order valence-electron chi connectivity index (χ4n) is 2.40. The summed E-state index contributed by atoms with van der Waals surface area (Å²) in [7, 11) is -6.72. The highest BCUT2D eigenvalue weighted by Gasteiger charge is 2.32. The highest BCUT2D eigenvalue weighted by Crippen LogP contribution is 2.24. The van der Waals surface area contributed by atoms with Crippen LogP contribution in [0.25, 0.3) is 0 Å². The normalized spacial score (nSPS) is 18.0. The van der Waals surface area contributed by atoms with Crippen molar-refractivity contribution in [3.05, 3.63) is 24.3 Å². The van der Waals surface area contributed by atoms with E-state index in [1.54, 1.807) is 0 Å². The third-order valence-corrected chi connectivity index (χ3v) is 7.91. The second kappa shape index (κ2) is 6.79. The maximum absolute atomic E-state index is 12.5. The SMILES string of the molecule is CC(C(=O)O)N(C)S(=O)(=O)c1cccc(S(=O)(=O)N2CCCC2)c1. The van der Waals surface area contributed by atoms with Gasteiger partial charge in [-0.3, -0.25) is 4.79 Å². The van der Waals surface area contributed by atoms with Crippen molar-refractivity contribution in [3.8, 4) is 0 Å². The van der Waals surface area contributed by atoms with E-state index in [1.807, 2.05) is 0 Å². The zero-order valence-electron chi connectivity index (χ0n) is 13.4. The topological polar surface area (TPSA) is 112 Å². The first kappa shape index (κ1) is 18.8. The fourth-order valence-corrected chi connectivity index (χ4v) is 5.41. The smallest absolute Gasteiger partial charge is 0.321 e. The summed E-state index contributed by atoms with van der Waals surface area (Å²) < 4.78 is 52.2. The molecule has 0 aromatic heterocycles. The minimum absolute atomic E-state index is 0.109. The van der Waals surface area contributed by atoms with Crippen molar-refractivity contribution in [3.63, 3.8) is 0 Å². The Morgan fingerprint density at radius 1 is 1.17 bits per heavy atom. The van der Waals surface area contributed by atoms with Crippen LogP contribution in [0.3, 0.4) is 0 Å². The van der Waals surface area contributed by atoms with E-state index in [0.29, 0.717) is 17.4 Å². The summed E-state index contributed by atoms with van der Waals surface area (Å²) in [5.41, 5.74) is 0. The molecule has 1 fully saturated rings. The first-order valence-electron chi connectivity index (χ1n) is 7.39. The number of carboxylic acid groups (broad SMARTS) is 1. The van der Waals surface area contributed by atoms with Crippen LogP contribution in [0.1, 0.15) is 19.8 Å². The van der Waals surface area contributed by atoms with Crippen LogP contribution >= 0.6 is 0 Å². The van der Waals surface area contributed by atoms with Crippen LogP contribution in [0.2, 0.25) is 0 Å². The van der Waals surface area contributed by atoms with Crippen LogP contribution in [-0.2, 0) is 24.8 Å². The van der Waals surface area contributed by atoms with Gasteiger partial charge in [0.1, 0.15) is 6.04 Å². The Morgan fingerprint density at radius 3 is 2.25 bits per heavy atom. The standard InChI is InChI=1S/C14H20N2O6S2/c1-11(14(17)18)15(2)23(19,20)12-6-5-7-13(10-12)24(21,22)16-8-3-4-9-16/h5-7,10-11H,3-4,8-9H2,1-2H3,(H,17,18). The van der Waals surface area contributed by atoms with Crippen molar-refractivity contribution >= 4 is 26.0 Å². The quantitative estimate of drug-likeness (QED) is 0.776. The highest BCUT2D eigenvalue weighted by molar-refractivity contribution is 7.90. The Bertz CT molecular complexity index is 829. The average molecular weight is 376 g/mol. The average Bonchev–Trinajstić information content (AvgIpc) is 3.08. The molecule has 1 aromatic rings. The van der Waals surface area contributed by atoms with Gasteiger partial charge in [-0.1, -0.05) is 6.07 Å². The van der Waals surface area contributed by atoms with Crippen LogP contribution in [0.15, 0.2) is 34.1 Å². The molecule has 1 heterocycles. The number of carboxylic acids is 1. The lowest BCUT2D eigenvalue weighted by Gasteiger charge is -2.22. The van der Waals surface area contributed by atoms with Gasteiger partial charge in [0.25, 0.3) is 0 Å². The molecule has 134 valence electrons. The Hall–Kier alpha value is -1.49. The molecule has 0 saturated carbocycles. The molecule has 1 atom stereocenters. The number of hydrogen-bond acceptors (Lipinski definition) is 5. The van der Waals surface area contributed by atoms with E-state index in [1.165, 1.54) is 29.4 Å². The molecule has 10 heteroatoms. The molecule has 0 radical (unpaired) electrons. The minimum atomic E-state index is -4.12. The van der Waals surface area contributed by atoms with Crippen molar-refractivity contribution in [1.82, 2.24) is 8.61 Å². The second-order valence-electron chi connectivity index (χ2n) is 5.62. The van der Waals surface area contributed by atoms with Crippen molar-refractivity contribution in [1.29, 1.82) is 0 Å². The predicted octanol–water partition coefficient (Wildman–Crippen LogP) is 0.565. The van der Waals surface area contributed by atoms with E-state index in [-0.39, 0.29) is 9.79 Å². The van der Waals surface area contributed by atoms with Crippen molar-refractivity contribution in [2.45, 2.75) is 35.6 Å². The van der Waals surface area contributed by atoms with E-state index in [4.69, 9.17) is 5.11 Å². The van der Waals surface area contributed by atoms with Gasteiger partial charge < -0.3 is 5.11 Å². The number of rotatable bonds is 6. The molecule has 24 heavy (non-hydrogen) atoms. The van der Waals surface area contributed by atoms with E-state index in [0.717, 1.165) is 26.0 Å². The van der Waals surface area contributed by atoms with E-state index >= 15 is 0 Å². The molecule has 0 bridgehead atoms. The molecule has 8 nitrogen and oxygen atoms in total. The van der Waals surface area contributed by atoms with Gasteiger partial charge in [-0.2, -0.15) is 8.61 Å². The first-order chi connectivity index (χ1) is 11.1. The fraction of sp³-hybridized carbons (Fsp3) is 0.500. The molecule has 0 amide bonds. The zero-order chi connectivity index (χ0) is 18.1. The lowest BCUT2D eigenvalue weighted by Crippen LogP contribution is -2.40. The molecule has 0 aliphatic carbocycles. The summed E-state index contributed by atoms with van der Waals surface area (Å²) >= 11 is 0. The predicted molar refractivity (Wildman–Crippen MR) is 86.5 cm³/mol. The molecule has 1 N–H and O–H groups in total. The highest BCUT2D eigenvalue weighted by atomic mass is 32.2. The van der Waals surface area contributed by atoms with Gasteiger partial charge in [0, 0.05) is 20.1 Å². The zero-order valence-corrected chi connectivity index (χ0v) is 15.0. The van der Waals surface area contributed by atoms with Crippen LogP contribution in [0, 0.1) is 0 Å². The molecular formula is C14H20N2O6S2. The minimum Gasteiger partial charge on any atom is -0.480 e. The lowest BCUT2D eigenvalue weighted by atomic mass is 10.4. The number of nitrogens with zero attached hydrogens (tertiary/aromatic N) is 2. The molecule has 0 spiro atoms. The van der Waals surface area contributed by atoms with E-state index in [2.05, 4.69) is 0 Å². The number of hydrogen-bond donors (Lipinski definition) is 1. The Balaban J connectivity index is 2.41. The largest absolute Gasteiger partial charge is 0.480 e. The first-order valence-corrected chi connectivity index (χ1v) is 10.3. The summed E-state index contributed by atoms with van der Waals surface area (Å²) in [6.45, 7) is 2.06. The van der Waals surface area contributed by atoms with Crippen molar-refractivity contribution in [2.75, 3.05) is 20.1 Å². The van der Waals surface area contributed by atoms with Gasteiger partial charge in [-0.25, -0.2) is 16.8 Å². The van der Waals surface area contributed by atoms with Gasteiger partial charge in [0.15, 0.2) is 0 Å². The van der Waals surface area contributed by atoms with Crippen LogP contribution in [0.5, 0.6) is 0 Å². The maximum Gasteiger partial charge on any atom is 0.321 e. The summed E-state index contributed by atoms with van der Waals surface area (Å²) in [5.74, 6) is -1.29. The number of carbonyl (C=O) groups is 1. The third kappa shape index (κ3) is 3.46. The maximum atomic E-state index is 12.5. The van der Waals surface area contributed by atoms with Crippen molar-refractivity contribution < 1.29 is 26.7 Å². The number of sulfonamides is 2. The van der Waals surface area contributed by atoms with Crippen molar-refractivity contribution in [2.24, 2.45) is 0 Å². The van der Waals surface area contributed by atoms with Crippen LogP contribution in [0.4, 0.5) is 0 Å². The molecule has 1 unspecified atom stereocenters. The summed E-state index contributed by atoms with van der Waals surface area (Å²) in [5, 5.41) is 8.98. The summed E-state index contributed by atoms with van der Waals surface area (Å²) in [4.78, 5) is 10.6. The lowest BCUT2D eigenvalue weighted by molar-refractivity contribution is -0.140.